The number of hydrogen-bond donors (Lipinski definition) is 1. The lowest BCUT2D eigenvalue weighted by molar-refractivity contribution is -0.122. The Bertz CT molecular complexity index is 1550. The van der Waals surface area contributed by atoms with E-state index in [1.54, 1.807) is 0 Å². The number of hydrogen-bond acceptors (Lipinski definition) is 4. The molecule has 0 saturated carbocycles. The van der Waals surface area contributed by atoms with Gasteiger partial charge in [-0.25, -0.2) is 0 Å². The molecule has 0 aromatic heterocycles. The van der Waals surface area contributed by atoms with Gasteiger partial charge in [0.25, 0.3) is 0 Å². The molecule has 0 spiro atoms. The van der Waals surface area contributed by atoms with E-state index in [2.05, 4.69) is 28.4 Å². The summed E-state index contributed by atoms with van der Waals surface area (Å²) in [6.45, 7) is 3.39. The summed E-state index contributed by atoms with van der Waals surface area (Å²) in [5, 5.41) is 5.22. The highest BCUT2D eigenvalue weighted by Gasteiger charge is 2.27. The van der Waals surface area contributed by atoms with E-state index in [4.69, 9.17) is 0 Å². The summed E-state index contributed by atoms with van der Waals surface area (Å²) >= 11 is -2.59. The van der Waals surface area contributed by atoms with E-state index in [1.807, 2.05) is 72.8 Å². The molecule has 3 atom stereocenters. The van der Waals surface area contributed by atoms with E-state index in [9.17, 15) is 13.6 Å². The minimum absolute atomic E-state index is 0.0289. The van der Waals surface area contributed by atoms with Crippen LogP contribution in [0.25, 0.3) is 10.8 Å². The second-order valence-corrected chi connectivity index (χ2v) is 12.5. The van der Waals surface area contributed by atoms with Crippen LogP contribution in [-0.4, -0.2) is 38.7 Å². The lowest BCUT2D eigenvalue weighted by atomic mass is 9.87. The van der Waals surface area contributed by atoms with Gasteiger partial charge in [-0.05, 0) is 90.4 Å². The minimum Gasteiger partial charge on any atom is -0.755 e. The van der Waals surface area contributed by atoms with Gasteiger partial charge in [-0.15, -0.1) is 0 Å². The zero-order valence-corrected chi connectivity index (χ0v) is 24.7. The van der Waals surface area contributed by atoms with Gasteiger partial charge in [0.05, 0.1) is 12.5 Å². The first-order valence-electron chi connectivity index (χ1n) is 15.1. The van der Waals surface area contributed by atoms with Gasteiger partial charge in [0.15, 0.2) is 0 Å². The predicted molar refractivity (Wildman–Crippen MR) is 169 cm³/mol. The number of anilines is 1. The number of fused-ring (bicyclic) bond motifs is 2. The number of nitrogens with zero attached hydrogens (tertiary/aromatic N) is 2. The Labute approximate surface area is 251 Å². The fourth-order valence-electron chi connectivity index (χ4n) is 6.56. The van der Waals surface area contributed by atoms with Gasteiger partial charge in [0.2, 0.25) is 5.91 Å². The Balaban J connectivity index is 1.16. The van der Waals surface area contributed by atoms with E-state index in [1.165, 1.54) is 53.3 Å². The highest BCUT2D eigenvalue weighted by molar-refractivity contribution is 7.80. The molecule has 0 bridgehead atoms. The number of benzene rings is 4. The van der Waals surface area contributed by atoms with Gasteiger partial charge in [-0.3, -0.25) is 18.2 Å². The number of rotatable bonds is 9. The normalized spacial score (nSPS) is 18.6. The Kier molecular flexibility index (Phi) is 8.98. The standard InChI is InChI=1S/C35H39N3O3S/c39-35(36-32-17-15-30-21-26(13-14-31(30)22-32)25-37-19-7-2-8-20-37)24-34(28-10-3-1-4-11-28)38(42(40)41)33-18-16-27-9-5-6-12-29(27)23-33/h1,3-6,9-14,16,18,21,23,32,34H,2,7-8,15,17,19-20,22,24-25H2,(H,36,39)(H,40,41)/p-1. The van der Waals surface area contributed by atoms with Crippen molar-refractivity contribution in [3.8, 4) is 0 Å². The van der Waals surface area contributed by atoms with Crippen molar-refractivity contribution in [2.45, 2.75) is 63.6 Å². The fourth-order valence-corrected chi connectivity index (χ4v) is 7.25. The highest BCUT2D eigenvalue weighted by Crippen LogP contribution is 2.33. The maximum atomic E-state index is 13.5. The summed E-state index contributed by atoms with van der Waals surface area (Å²) in [6, 6.07) is 29.1. The molecule has 1 heterocycles. The molecule has 7 heteroatoms. The van der Waals surface area contributed by atoms with E-state index < -0.39 is 17.3 Å². The summed E-state index contributed by atoms with van der Waals surface area (Å²) in [4.78, 5) is 16.1. The molecule has 218 valence electrons. The number of carbonyl (C=O) groups excluding carboxylic acids is 1. The van der Waals surface area contributed by atoms with Gasteiger partial charge >= 0.3 is 0 Å². The molecule has 1 fully saturated rings. The molecule has 1 saturated heterocycles. The molecule has 0 radical (unpaired) electrons. The van der Waals surface area contributed by atoms with Crippen LogP contribution in [0.4, 0.5) is 5.69 Å². The van der Waals surface area contributed by atoms with Crippen LogP contribution < -0.4 is 9.62 Å². The topological polar surface area (TPSA) is 75.7 Å². The first-order chi connectivity index (χ1) is 20.5. The van der Waals surface area contributed by atoms with E-state index in [-0.39, 0.29) is 18.4 Å². The molecular weight excluding hydrogens is 542 g/mol. The minimum atomic E-state index is -2.59. The lowest BCUT2D eigenvalue weighted by Crippen LogP contribution is -2.41. The van der Waals surface area contributed by atoms with Crippen LogP contribution in [0.15, 0.2) is 91.0 Å². The average molecular weight is 581 g/mol. The molecule has 1 aliphatic heterocycles. The van der Waals surface area contributed by atoms with Gasteiger partial charge < -0.3 is 9.87 Å². The fraction of sp³-hybridized carbons (Fsp3) is 0.343. The van der Waals surface area contributed by atoms with Crippen LogP contribution in [-0.2, 0) is 35.4 Å². The first kappa shape index (κ1) is 28.6. The number of piperidine rings is 1. The Morgan fingerprint density at radius 3 is 2.45 bits per heavy atom. The Morgan fingerprint density at radius 1 is 0.905 bits per heavy atom. The van der Waals surface area contributed by atoms with Gasteiger partial charge in [-0.2, -0.15) is 0 Å². The van der Waals surface area contributed by atoms with Crippen LogP contribution in [0.1, 0.15) is 60.4 Å². The second-order valence-electron chi connectivity index (χ2n) is 11.7. The highest BCUT2D eigenvalue weighted by atomic mass is 32.2. The third kappa shape index (κ3) is 6.75. The van der Waals surface area contributed by atoms with E-state index >= 15 is 0 Å². The van der Waals surface area contributed by atoms with Crippen molar-refractivity contribution >= 4 is 33.6 Å². The summed E-state index contributed by atoms with van der Waals surface area (Å²) < 4.78 is 26.7. The van der Waals surface area contributed by atoms with Crippen LogP contribution in [0.3, 0.4) is 0 Å². The number of carbonyl (C=O) groups is 1. The molecule has 4 aromatic carbocycles. The summed E-state index contributed by atoms with van der Waals surface area (Å²) in [5.41, 5.74) is 5.38. The van der Waals surface area contributed by atoms with Gasteiger partial charge in [0.1, 0.15) is 0 Å². The third-order valence-electron chi connectivity index (χ3n) is 8.71. The largest absolute Gasteiger partial charge is 0.755 e. The van der Waals surface area contributed by atoms with Gasteiger partial charge in [0, 0.05) is 29.5 Å². The smallest absolute Gasteiger partial charge is 0.222 e. The lowest BCUT2D eigenvalue weighted by Gasteiger charge is -2.35. The van der Waals surface area contributed by atoms with Crippen molar-refractivity contribution in [3.05, 3.63) is 113 Å². The predicted octanol–water partition coefficient (Wildman–Crippen LogP) is 6.23. The van der Waals surface area contributed by atoms with Crippen molar-refractivity contribution in [2.24, 2.45) is 0 Å². The molecule has 2 aliphatic rings. The van der Waals surface area contributed by atoms with Crippen molar-refractivity contribution in [1.29, 1.82) is 0 Å². The number of likely N-dealkylation sites (tertiary alicyclic amines) is 1. The third-order valence-corrected chi connectivity index (χ3v) is 9.50. The van der Waals surface area contributed by atoms with Crippen LogP contribution in [0.5, 0.6) is 0 Å². The monoisotopic (exact) mass is 580 g/mol. The number of amides is 1. The van der Waals surface area contributed by atoms with Crippen LogP contribution >= 0.6 is 0 Å². The van der Waals surface area contributed by atoms with Gasteiger partial charge in [-0.1, -0.05) is 85.3 Å². The molecule has 1 amide bonds. The number of nitrogens with one attached hydrogen (secondary N) is 1. The maximum Gasteiger partial charge on any atom is 0.222 e. The average Bonchev–Trinajstić information content (AvgIpc) is 3.01. The zero-order valence-electron chi connectivity index (χ0n) is 23.9. The first-order valence-corrected chi connectivity index (χ1v) is 16.1. The molecule has 6 rings (SSSR count). The van der Waals surface area contributed by atoms with Crippen LogP contribution in [0.2, 0.25) is 0 Å². The molecular formula is C35H38N3O3S-. The van der Waals surface area contributed by atoms with E-state index in [0.29, 0.717) is 5.69 Å². The second kappa shape index (κ2) is 13.2. The van der Waals surface area contributed by atoms with E-state index in [0.717, 1.165) is 42.1 Å². The molecule has 6 nitrogen and oxygen atoms in total. The van der Waals surface area contributed by atoms with Crippen LogP contribution in [0, 0.1) is 0 Å². The van der Waals surface area contributed by atoms with Crippen molar-refractivity contribution in [2.75, 3.05) is 17.4 Å². The number of aryl methyl sites for hydroxylation is 1. The molecule has 42 heavy (non-hydrogen) atoms. The zero-order chi connectivity index (χ0) is 28.9. The summed E-state index contributed by atoms with van der Waals surface area (Å²) in [6.07, 6.45) is 6.57. The van der Waals surface area contributed by atoms with Crippen molar-refractivity contribution in [1.82, 2.24) is 10.2 Å². The summed E-state index contributed by atoms with van der Waals surface area (Å²) in [7, 11) is 0. The van der Waals surface area contributed by atoms with Crippen molar-refractivity contribution < 1.29 is 13.6 Å². The molecule has 1 N–H and O–H groups in total. The molecule has 1 aliphatic carbocycles. The molecule has 4 aromatic rings. The SMILES string of the molecule is O=C(CC(c1ccccc1)N(c1ccc2ccccc2c1)S(=O)[O-])NC1CCc2cc(CN3CCCCC3)ccc2C1. The quantitative estimate of drug-likeness (QED) is 0.238. The maximum absolute atomic E-state index is 13.5. The Morgan fingerprint density at radius 2 is 1.67 bits per heavy atom. The Hall–Kier alpha value is -3.52. The van der Waals surface area contributed by atoms with Crippen molar-refractivity contribution in [3.63, 3.8) is 0 Å². The molecule has 3 unspecified atom stereocenters. The summed E-state index contributed by atoms with van der Waals surface area (Å²) in [5.74, 6) is -0.143.